The van der Waals surface area contributed by atoms with Crippen molar-refractivity contribution in [2.45, 2.75) is 19.6 Å². The summed E-state index contributed by atoms with van der Waals surface area (Å²) in [5.74, 6) is 0.743. The molecular formula is C19H18O2. The number of benzene rings is 3. The van der Waals surface area contributed by atoms with Crippen LogP contribution in [-0.2, 0) is 6.61 Å². The van der Waals surface area contributed by atoms with Gasteiger partial charge in [-0.25, -0.2) is 0 Å². The SMILES string of the molecule is CC(Oc1ccc2ccccc2c1CO)c1ccccc1. The van der Waals surface area contributed by atoms with Gasteiger partial charge < -0.3 is 9.84 Å². The van der Waals surface area contributed by atoms with Gasteiger partial charge in [0.15, 0.2) is 0 Å². The highest BCUT2D eigenvalue weighted by molar-refractivity contribution is 5.87. The zero-order valence-corrected chi connectivity index (χ0v) is 12.0. The van der Waals surface area contributed by atoms with E-state index in [0.29, 0.717) is 0 Å². The van der Waals surface area contributed by atoms with Crippen LogP contribution in [0.2, 0.25) is 0 Å². The summed E-state index contributed by atoms with van der Waals surface area (Å²) >= 11 is 0. The Morgan fingerprint density at radius 2 is 1.62 bits per heavy atom. The van der Waals surface area contributed by atoms with Gasteiger partial charge in [0.2, 0.25) is 0 Å². The van der Waals surface area contributed by atoms with E-state index in [1.807, 2.05) is 73.7 Å². The average Bonchev–Trinajstić information content (AvgIpc) is 2.55. The van der Waals surface area contributed by atoms with E-state index in [0.717, 1.165) is 27.6 Å². The van der Waals surface area contributed by atoms with Crippen LogP contribution in [0.25, 0.3) is 10.8 Å². The lowest BCUT2D eigenvalue weighted by molar-refractivity contribution is 0.214. The van der Waals surface area contributed by atoms with E-state index in [9.17, 15) is 5.11 Å². The van der Waals surface area contributed by atoms with E-state index in [1.54, 1.807) is 0 Å². The van der Waals surface area contributed by atoms with E-state index < -0.39 is 0 Å². The van der Waals surface area contributed by atoms with Crippen LogP contribution in [0.5, 0.6) is 5.75 Å². The highest BCUT2D eigenvalue weighted by Crippen LogP contribution is 2.31. The lowest BCUT2D eigenvalue weighted by Crippen LogP contribution is -2.05. The molecule has 0 heterocycles. The molecule has 21 heavy (non-hydrogen) atoms. The van der Waals surface area contributed by atoms with Gasteiger partial charge in [0.25, 0.3) is 0 Å². The Hall–Kier alpha value is -2.32. The molecule has 1 N–H and O–H groups in total. The van der Waals surface area contributed by atoms with E-state index in [1.165, 1.54) is 0 Å². The molecule has 2 heteroatoms. The Balaban J connectivity index is 1.97. The van der Waals surface area contributed by atoms with Crippen molar-refractivity contribution in [1.29, 1.82) is 0 Å². The van der Waals surface area contributed by atoms with Crippen LogP contribution in [-0.4, -0.2) is 5.11 Å². The van der Waals surface area contributed by atoms with Crippen LogP contribution < -0.4 is 4.74 Å². The highest BCUT2D eigenvalue weighted by Gasteiger charge is 2.12. The van der Waals surface area contributed by atoms with Gasteiger partial charge in [-0.05, 0) is 29.3 Å². The Labute approximate surface area is 124 Å². The van der Waals surface area contributed by atoms with Crippen LogP contribution >= 0.6 is 0 Å². The molecule has 0 saturated heterocycles. The molecule has 1 atom stereocenters. The summed E-state index contributed by atoms with van der Waals surface area (Å²) < 4.78 is 6.07. The van der Waals surface area contributed by atoms with Crippen molar-refractivity contribution in [3.8, 4) is 5.75 Å². The zero-order chi connectivity index (χ0) is 14.7. The minimum Gasteiger partial charge on any atom is -0.486 e. The molecule has 2 nitrogen and oxygen atoms in total. The molecule has 0 fully saturated rings. The summed E-state index contributed by atoms with van der Waals surface area (Å²) in [5, 5.41) is 11.9. The zero-order valence-electron chi connectivity index (χ0n) is 12.0. The highest BCUT2D eigenvalue weighted by atomic mass is 16.5. The van der Waals surface area contributed by atoms with Crippen molar-refractivity contribution in [3.63, 3.8) is 0 Å². The number of hydrogen-bond acceptors (Lipinski definition) is 2. The Morgan fingerprint density at radius 1 is 0.905 bits per heavy atom. The molecule has 3 aromatic carbocycles. The summed E-state index contributed by atoms with van der Waals surface area (Å²) in [4.78, 5) is 0. The standard InChI is InChI=1S/C19H18O2/c1-14(15-7-3-2-4-8-15)21-19-12-11-16-9-5-6-10-17(16)18(19)13-20/h2-12,14,20H,13H2,1H3. The van der Waals surface area contributed by atoms with E-state index in [4.69, 9.17) is 4.74 Å². The first kappa shape index (κ1) is 13.7. The first-order chi connectivity index (χ1) is 10.3. The van der Waals surface area contributed by atoms with Gasteiger partial charge in [-0.2, -0.15) is 0 Å². The second-order valence-electron chi connectivity index (χ2n) is 5.09. The third kappa shape index (κ3) is 2.76. The summed E-state index contributed by atoms with van der Waals surface area (Å²) in [7, 11) is 0. The van der Waals surface area contributed by atoms with Crippen LogP contribution in [0.3, 0.4) is 0 Å². The monoisotopic (exact) mass is 278 g/mol. The van der Waals surface area contributed by atoms with Gasteiger partial charge in [0.1, 0.15) is 11.9 Å². The van der Waals surface area contributed by atoms with Crippen LogP contribution in [0, 0.1) is 0 Å². The molecular weight excluding hydrogens is 260 g/mol. The fraction of sp³-hybridized carbons (Fsp3) is 0.158. The number of ether oxygens (including phenoxy) is 1. The number of hydrogen-bond donors (Lipinski definition) is 1. The quantitative estimate of drug-likeness (QED) is 0.763. The van der Waals surface area contributed by atoms with Crippen molar-refractivity contribution in [2.75, 3.05) is 0 Å². The van der Waals surface area contributed by atoms with Crippen molar-refractivity contribution >= 4 is 10.8 Å². The van der Waals surface area contributed by atoms with Crippen LogP contribution in [0.1, 0.15) is 24.2 Å². The summed E-state index contributed by atoms with van der Waals surface area (Å²) in [6.07, 6.45) is -0.0577. The molecule has 0 radical (unpaired) electrons. The molecule has 3 rings (SSSR count). The van der Waals surface area contributed by atoms with Crippen molar-refractivity contribution in [1.82, 2.24) is 0 Å². The average molecular weight is 278 g/mol. The molecule has 0 spiro atoms. The molecule has 0 aliphatic heterocycles. The Bertz CT molecular complexity index is 735. The molecule has 0 aliphatic rings. The maximum atomic E-state index is 9.72. The Morgan fingerprint density at radius 3 is 2.38 bits per heavy atom. The number of rotatable bonds is 4. The molecule has 3 aromatic rings. The molecule has 0 aromatic heterocycles. The largest absolute Gasteiger partial charge is 0.486 e. The smallest absolute Gasteiger partial charge is 0.126 e. The molecule has 106 valence electrons. The number of aliphatic hydroxyl groups is 1. The van der Waals surface area contributed by atoms with Gasteiger partial charge in [0.05, 0.1) is 6.61 Å². The fourth-order valence-electron chi connectivity index (χ4n) is 2.57. The lowest BCUT2D eigenvalue weighted by atomic mass is 10.0. The molecule has 1 unspecified atom stereocenters. The first-order valence-electron chi connectivity index (χ1n) is 7.12. The second kappa shape index (κ2) is 5.98. The first-order valence-corrected chi connectivity index (χ1v) is 7.12. The van der Waals surface area contributed by atoms with E-state index in [2.05, 4.69) is 0 Å². The normalized spacial score (nSPS) is 12.3. The molecule has 0 bridgehead atoms. The van der Waals surface area contributed by atoms with Crippen LogP contribution in [0.15, 0.2) is 66.7 Å². The van der Waals surface area contributed by atoms with Crippen molar-refractivity contribution in [3.05, 3.63) is 77.9 Å². The van der Waals surface area contributed by atoms with Crippen molar-refractivity contribution < 1.29 is 9.84 Å². The number of fused-ring (bicyclic) bond motifs is 1. The van der Waals surface area contributed by atoms with Gasteiger partial charge in [0, 0.05) is 5.56 Å². The topological polar surface area (TPSA) is 29.5 Å². The Kier molecular flexibility index (Phi) is 3.89. The molecule has 0 saturated carbocycles. The van der Waals surface area contributed by atoms with E-state index in [-0.39, 0.29) is 12.7 Å². The summed E-state index contributed by atoms with van der Waals surface area (Å²) in [6.45, 7) is 1.99. The number of aliphatic hydroxyl groups excluding tert-OH is 1. The maximum absolute atomic E-state index is 9.72. The van der Waals surface area contributed by atoms with Crippen LogP contribution in [0.4, 0.5) is 0 Å². The predicted octanol–water partition coefficient (Wildman–Crippen LogP) is 4.47. The lowest BCUT2D eigenvalue weighted by Gasteiger charge is -2.18. The van der Waals surface area contributed by atoms with Gasteiger partial charge in [-0.1, -0.05) is 60.7 Å². The maximum Gasteiger partial charge on any atom is 0.126 e. The second-order valence-corrected chi connectivity index (χ2v) is 5.09. The third-order valence-electron chi connectivity index (χ3n) is 3.73. The van der Waals surface area contributed by atoms with Gasteiger partial charge in [-0.3, -0.25) is 0 Å². The minimum atomic E-state index is -0.0577. The van der Waals surface area contributed by atoms with Gasteiger partial charge in [-0.15, -0.1) is 0 Å². The predicted molar refractivity (Wildman–Crippen MR) is 85.4 cm³/mol. The fourth-order valence-corrected chi connectivity index (χ4v) is 2.57. The van der Waals surface area contributed by atoms with Crippen molar-refractivity contribution in [2.24, 2.45) is 0 Å². The minimum absolute atomic E-state index is 0.0296. The third-order valence-corrected chi connectivity index (χ3v) is 3.73. The summed E-state index contributed by atoms with van der Waals surface area (Å²) in [5.41, 5.74) is 1.96. The molecule has 0 aliphatic carbocycles. The summed E-state index contributed by atoms with van der Waals surface area (Å²) in [6, 6.07) is 22.1. The molecule has 0 amide bonds. The van der Waals surface area contributed by atoms with Gasteiger partial charge >= 0.3 is 0 Å². The van der Waals surface area contributed by atoms with E-state index >= 15 is 0 Å².